The number of carbonyl (C=O) groups excluding carboxylic acids is 16. The predicted octanol–water partition coefficient (Wildman–Crippen LogP) is -9.80. The minimum absolute atomic E-state index is 0.0138. The molecule has 0 bridgehead atoms. The zero-order valence-electron chi connectivity index (χ0n) is 74.8. The van der Waals surface area contributed by atoms with E-state index in [0.717, 1.165) is 0 Å². The molecule has 0 fully saturated rings. The molecule has 0 radical (unpaired) electrons. The van der Waals surface area contributed by atoms with Crippen LogP contribution in [-0.4, -0.2) is 307 Å². The number of benzene rings is 3. The highest BCUT2D eigenvalue weighted by Gasteiger charge is 2.41. The normalized spacial score (nSPS) is 14.7. The number of carboxylic acids is 3. The number of unbranched alkanes of at least 4 members (excludes halogenated alkanes) is 2. The SMILES string of the molecule is CC(C)CC(NC(=O)[C@@H](NC(=O)C(CC(N)=O)NC(=O)[C@H](CO)NC(=O)C(CO)NC(=O)[C@H](CC(=O)O)NC(=O)C(CC(=O)O)NC(=O)[C@H](Cc1ccccc1)NC(=O)C(Cc1ccc(O)cc1)NC(=O)[C@H](CS)NN)C(C)C)C(=O)N[C@@H](CS)C(=O)NC(CCCCN)C(=O)N[C@@H](CCCCN)C(=O)NC(Cc1ccc(O)cc1)C(=O)N[C@@H](CCCNC(=N)N)C(=O)NC(CO)C(=O)O. The summed E-state index contributed by atoms with van der Waals surface area (Å²) >= 11 is 8.41. The summed E-state index contributed by atoms with van der Waals surface area (Å²) in [7, 11) is 0. The number of aliphatic hydroxyl groups is 3. The van der Waals surface area contributed by atoms with Crippen LogP contribution in [-0.2, 0) is 110 Å². The molecule has 0 saturated carbocycles. The lowest BCUT2D eigenvalue weighted by Gasteiger charge is -2.29. The van der Waals surface area contributed by atoms with Crippen LogP contribution >= 0.6 is 25.3 Å². The molecule has 16 amide bonds. The second-order valence-electron chi connectivity index (χ2n) is 32.0. The Balaban J connectivity index is 1.88. The van der Waals surface area contributed by atoms with Gasteiger partial charge in [-0.1, -0.05) is 82.3 Å². The average molecular weight is 1940 g/mol. The number of thiol groups is 2. The van der Waals surface area contributed by atoms with Crippen LogP contribution in [0.3, 0.4) is 0 Å². The molecule has 16 atom stereocenters. The Morgan fingerprint density at radius 1 is 0.348 bits per heavy atom. The minimum Gasteiger partial charge on any atom is -0.508 e. The number of phenolic OH excluding ortho intramolecular Hbond substituents is 2. The molecule has 0 spiro atoms. The van der Waals surface area contributed by atoms with E-state index in [9.17, 15) is 132 Å². The van der Waals surface area contributed by atoms with Crippen molar-refractivity contribution in [2.24, 2.45) is 40.6 Å². The third kappa shape index (κ3) is 42.8. The van der Waals surface area contributed by atoms with Gasteiger partial charge in [-0.05, 0) is 124 Å². The molecule has 3 rings (SSSR count). The van der Waals surface area contributed by atoms with E-state index in [2.05, 4.69) is 99.8 Å². The molecular weight excluding hydrogens is 1820 g/mol. The van der Waals surface area contributed by atoms with Gasteiger partial charge in [-0.15, -0.1) is 0 Å². The van der Waals surface area contributed by atoms with Gasteiger partial charge in [0.25, 0.3) is 0 Å². The van der Waals surface area contributed by atoms with Crippen LogP contribution in [0.2, 0.25) is 0 Å². The van der Waals surface area contributed by atoms with E-state index >= 15 is 0 Å². The number of rotatable bonds is 64. The number of guanidine groups is 1. The highest BCUT2D eigenvalue weighted by Crippen LogP contribution is 2.18. The van der Waals surface area contributed by atoms with Crippen molar-refractivity contribution in [2.45, 2.75) is 221 Å². The summed E-state index contributed by atoms with van der Waals surface area (Å²) < 4.78 is 0. The van der Waals surface area contributed by atoms with Crippen LogP contribution in [0.5, 0.6) is 11.5 Å². The quantitative estimate of drug-likeness (QED) is 0.00623. The maximum absolute atomic E-state index is 14.6. The Morgan fingerprint density at radius 3 is 0.985 bits per heavy atom. The summed E-state index contributed by atoms with van der Waals surface area (Å²) in [6.07, 6.45) is -4.08. The molecule has 748 valence electrons. The lowest BCUT2D eigenvalue weighted by molar-refractivity contribution is -0.143. The first kappa shape index (κ1) is 116. The van der Waals surface area contributed by atoms with E-state index in [1.54, 1.807) is 44.2 Å². The van der Waals surface area contributed by atoms with E-state index < -0.39 is 272 Å². The number of hydrogen-bond donors (Lipinski definition) is 33. The highest BCUT2D eigenvalue weighted by atomic mass is 32.1. The van der Waals surface area contributed by atoms with Gasteiger partial charge in [0, 0.05) is 37.3 Å². The third-order valence-electron chi connectivity index (χ3n) is 20.3. The summed E-state index contributed by atoms with van der Waals surface area (Å²) in [6.45, 7) is 2.70. The number of aromatic hydroxyl groups is 2. The number of nitrogens with one attached hydrogen (secondary N) is 18. The first-order valence-corrected chi connectivity index (χ1v) is 44.2. The molecule has 0 aliphatic carbocycles. The maximum Gasteiger partial charge on any atom is 0.328 e. The molecule has 0 aromatic heterocycles. The van der Waals surface area contributed by atoms with Gasteiger partial charge >= 0.3 is 17.9 Å². The van der Waals surface area contributed by atoms with Crippen molar-refractivity contribution in [1.82, 2.24) is 90.5 Å². The second kappa shape index (κ2) is 60.9. The number of carbonyl (C=O) groups is 19. The first-order chi connectivity index (χ1) is 63.8. The van der Waals surface area contributed by atoms with Crippen molar-refractivity contribution in [2.75, 3.05) is 51.0 Å². The van der Waals surface area contributed by atoms with Crippen LogP contribution in [0.15, 0.2) is 78.9 Å². The topological polar surface area (TPSA) is 845 Å². The smallest absolute Gasteiger partial charge is 0.328 e. The van der Waals surface area contributed by atoms with Gasteiger partial charge in [-0.2, -0.15) is 25.3 Å². The zero-order valence-corrected chi connectivity index (χ0v) is 76.6. The van der Waals surface area contributed by atoms with Crippen LogP contribution in [0, 0.1) is 17.2 Å². The van der Waals surface area contributed by atoms with E-state index in [0.29, 0.717) is 29.5 Å². The summed E-state index contributed by atoms with van der Waals surface area (Å²) in [5.74, 6) is -21.1. The molecule has 8 unspecified atom stereocenters. The average Bonchev–Trinajstić information content (AvgIpc) is 0.848. The molecule has 3 aromatic rings. The number of amides is 16. The number of phenols is 2. The Bertz CT molecular complexity index is 4490. The second-order valence-corrected chi connectivity index (χ2v) is 32.8. The summed E-state index contributed by atoms with van der Waals surface area (Å²) in [4.78, 5) is 261. The molecule has 0 heterocycles. The number of nitrogens with two attached hydrogens (primary N) is 5. The number of carboxylic acid groups (broad SMARTS) is 3. The maximum atomic E-state index is 14.6. The summed E-state index contributed by atoms with van der Waals surface area (Å²) in [5, 5.41) is 125. The van der Waals surface area contributed by atoms with Crippen LogP contribution in [0.4, 0.5) is 0 Å². The largest absolute Gasteiger partial charge is 0.508 e. The Morgan fingerprint density at radius 2 is 0.644 bits per heavy atom. The van der Waals surface area contributed by atoms with Gasteiger partial charge in [0.05, 0.1) is 39.1 Å². The van der Waals surface area contributed by atoms with Crippen molar-refractivity contribution in [3.8, 4) is 11.5 Å². The zero-order chi connectivity index (χ0) is 101. The monoisotopic (exact) mass is 1940 g/mol. The number of primary amides is 1. The van der Waals surface area contributed by atoms with Crippen molar-refractivity contribution in [3.63, 3.8) is 0 Å². The number of aliphatic hydroxyl groups excluding tert-OH is 3. The van der Waals surface area contributed by atoms with Crippen LogP contribution < -0.4 is 119 Å². The molecule has 0 aliphatic heterocycles. The van der Waals surface area contributed by atoms with E-state index in [-0.39, 0.29) is 101 Å². The lowest BCUT2D eigenvalue weighted by Crippen LogP contribution is -2.62. The third-order valence-corrected chi connectivity index (χ3v) is 21.0. The predicted molar refractivity (Wildman–Crippen MR) is 488 cm³/mol. The fourth-order valence-corrected chi connectivity index (χ4v) is 13.5. The van der Waals surface area contributed by atoms with Gasteiger partial charge in [0.15, 0.2) is 5.96 Å². The first-order valence-electron chi connectivity index (χ1n) is 43.0. The van der Waals surface area contributed by atoms with Gasteiger partial charge < -0.3 is 149 Å². The molecule has 0 saturated heterocycles. The van der Waals surface area contributed by atoms with Crippen molar-refractivity contribution < 1.29 is 132 Å². The van der Waals surface area contributed by atoms with Gasteiger partial charge in [0.2, 0.25) is 94.5 Å². The Kier molecular flexibility index (Phi) is 52.4. The molecule has 36 N–H and O–H groups in total. The molecular formula is C83H127N23O27S2. The molecule has 50 nitrogen and oxygen atoms in total. The molecule has 135 heavy (non-hydrogen) atoms. The fraction of sp³-hybridized carbons (Fsp3) is 0.542. The Hall–Kier alpha value is -13.1. The number of hydrogen-bond acceptors (Lipinski definition) is 31. The molecule has 3 aromatic carbocycles. The fourth-order valence-electron chi connectivity index (χ4n) is 13.0. The van der Waals surface area contributed by atoms with Crippen molar-refractivity contribution in [1.29, 1.82) is 5.41 Å². The highest BCUT2D eigenvalue weighted by molar-refractivity contribution is 7.80. The molecule has 52 heteroatoms. The number of hydrazine groups is 1. The van der Waals surface area contributed by atoms with Gasteiger partial charge in [-0.25, -0.2) is 10.2 Å². The van der Waals surface area contributed by atoms with E-state index in [1.165, 1.54) is 62.4 Å². The van der Waals surface area contributed by atoms with E-state index in [1.807, 2.05) is 16.0 Å². The Labute approximate surface area is 787 Å². The van der Waals surface area contributed by atoms with Crippen LogP contribution in [0.25, 0.3) is 0 Å². The van der Waals surface area contributed by atoms with Crippen molar-refractivity contribution in [3.05, 3.63) is 95.6 Å². The lowest BCUT2D eigenvalue weighted by atomic mass is 9.99. The van der Waals surface area contributed by atoms with E-state index in [4.69, 9.17) is 34.2 Å². The van der Waals surface area contributed by atoms with Gasteiger partial charge in [0.1, 0.15) is 108 Å². The van der Waals surface area contributed by atoms with Gasteiger partial charge in [-0.3, -0.25) is 97.6 Å². The standard InChI is InChI=1S/C83H127N23O27S2/c1-41(2)29-51(70(120)104-61(39-134)79(129)93-48(15-8-10-26-84)67(117)91-49(16-9-11-27-85)68(118)94-53(31-44-18-22-46(110)23-19-44)71(121)92-50(17-12-28-90-83(87)88)69(119)103-60(38-109)82(132)133)100-81(131)66(42(3)4)105-76(126)55(33-63(86)112)97-77(127)58(36-107)102-78(128)59(37-108)101-75(125)57(35-65(115)116)99-74(124)56(34-64(113)114)98-73(123)52(30-43-13-6-5-7-14-43)95-72(122)54(96-80(130)62(40-135)106-89)32-45-20-24-47(111)25-21-45/h5-7,13-14,18-25,41-42,48-62,66,106-111,134-135H,8-12,15-17,26-40,84-85,89H2,1-4H3,(H2,86,112)(H,91,117)(H,92,121)(H,93,129)(H,94,118)(H,95,122)(H,96,130)(H,97,127)(H,98,123)(H,99,124)(H,100,131)(H,101,125)(H,102,128)(H,103,119)(H,104,120)(H,105,126)(H,113,114)(H,115,116)(H,132,133)(H4,87,88,90)/t48?,49-,50-,51?,52-,53?,54?,55?,56?,57-,58-,59?,60?,61-,62-,66-/m0/s1. The van der Waals surface area contributed by atoms with Crippen molar-refractivity contribution >= 4 is 144 Å². The summed E-state index contributed by atoms with van der Waals surface area (Å²) in [5.41, 5.74) is 25.9. The summed E-state index contributed by atoms with van der Waals surface area (Å²) in [6, 6.07) is -9.14. The van der Waals surface area contributed by atoms with Crippen LogP contribution in [0.1, 0.15) is 121 Å². The number of aliphatic carboxylic acids is 3. The molecule has 0 aliphatic rings. The minimum atomic E-state index is -2.29.